The molecule has 0 saturated heterocycles. The smallest absolute Gasteiger partial charge is 0.342 e. The summed E-state index contributed by atoms with van der Waals surface area (Å²) in [5.74, 6) is -0.960. The molecule has 0 saturated carbocycles. The average Bonchev–Trinajstić information content (AvgIpc) is 3.14. The molecule has 4 rings (SSSR count). The van der Waals surface area contributed by atoms with Gasteiger partial charge in [0, 0.05) is 34.1 Å². The van der Waals surface area contributed by atoms with Gasteiger partial charge in [-0.3, -0.25) is 19.1 Å². The zero-order valence-corrected chi connectivity index (χ0v) is 19.7. The molecule has 0 aliphatic carbocycles. The lowest BCUT2D eigenvalue weighted by molar-refractivity contribution is -0.151. The van der Waals surface area contributed by atoms with Gasteiger partial charge in [-0.25, -0.2) is 4.79 Å². The number of esters is 2. The molecule has 0 N–H and O–H groups in total. The molecule has 4 aromatic rings. The van der Waals surface area contributed by atoms with Crippen LogP contribution in [0.1, 0.15) is 32.0 Å². The van der Waals surface area contributed by atoms with E-state index in [1.54, 1.807) is 66.1 Å². The van der Waals surface area contributed by atoms with Crippen LogP contribution in [0.25, 0.3) is 10.9 Å². The topological polar surface area (TPSA) is 96.7 Å². The Morgan fingerprint density at radius 2 is 1.77 bits per heavy atom. The molecule has 2 aromatic heterocycles. The van der Waals surface area contributed by atoms with E-state index in [9.17, 15) is 14.4 Å². The zero-order chi connectivity index (χ0) is 24.9. The summed E-state index contributed by atoms with van der Waals surface area (Å²) in [4.78, 5) is 41.8. The highest BCUT2D eigenvalue weighted by molar-refractivity contribution is 6.30. The summed E-state index contributed by atoms with van der Waals surface area (Å²) in [6.07, 6.45) is 2.75. The molecule has 0 atom stereocenters. The molecule has 0 radical (unpaired) electrons. The zero-order valence-electron chi connectivity index (χ0n) is 19.0. The first-order chi connectivity index (χ1) is 16.9. The molecule has 0 fully saturated rings. The third kappa shape index (κ3) is 5.17. The molecular formula is C26H21ClN2O6. The molecule has 0 aliphatic rings. The van der Waals surface area contributed by atoms with Crippen molar-refractivity contribution in [3.05, 3.63) is 94.4 Å². The van der Waals surface area contributed by atoms with Crippen LogP contribution in [0.5, 0.6) is 5.75 Å². The molecule has 178 valence electrons. The normalized spacial score (nSPS) is 10.7. The van der Waals surface area contributed by atoms with Crippen molar-refractivity contribution >= 4 is 40.3 Å². The van der Waals surface area contributed by atoms with E-state index >= 15 is 0 Å². The van der Waals surface area contributed by atoms with Crippen molar-refractivity contribution in [3.63, 3.8) is 0 Å². The first-order valence-corrected chi connectivity index (χ1v) is 11.0. The number of aromatic nitrogens is 2. The lowest BCUT2D eigenvalue weighted by Gasteiger charge is -2.08. The summed E-state index contributed by atoms with van der Waals surface area (Å²) < 4.78 is 17.0. The van der Waals surface area contributed by atoms with E-state index in [4.69, 9.17) is 25.8 Å². The molecule has 0 unspecified atom stereocenters. The summed E-state index contributed by atoms with van der Waals surface area (Å²) in [6.45, 7) is 1.21. The number of halogens is 1. The summed E-state index contributed by atoms with van der Waals surface area (Å²) in [5, 5.41) is 1.20. The number of carbonyl (C=O) groups excluding carboxylic acids is 3. The van der Waals surface area contributed by atoms with Crippen LogP contribution in [0.2, 0.25) is 5.02 Å². The summed E-state index contributed by atoms with van der Waals surface area (Å²) in [5.41, 5.74) is 2.49. The lowest BCUT2D eigenvalue weighted by atomic mass is 10.1. The fourth-order valence-corrected chi connectivity index (χ4v) is 3.83. The molecule has 9 heteroatoms. The van der Waals surface area contributed by atoms with E-state index in [-0.39, 0.29) is 17.9 Å². The number of hydrogen-bond donors (Lipinski definition) is 0. The van der Waals surface area contributed by atoms with E-state index in [0.29, 0.717) is 38.5 Å². The van der Waals surface area contributed by atoms with Gasteiger partial charge in [-0.05, 0) is 67.1 Å². The molecule has 0 aliphatic heterocycles. The summed E-state index contributed by atoms with van der Waals surface area (Å²) >= 11 is 5.96. The van der Waals surface area contributed by atoms with Crippen molar-refractivity contribution < 1.29 is 28.6 Å². The largest absolute Gasteiger partial charge is 0.497 e. The Morgan fingerprint density at radius 3 is 2.46 bits per heavy atom. The first-order valence-electron chi connectivity index (χ1n) is 10.6. The van der Waals surface area contributed by atoms with Gasteiger partial charge in [-0.1, -0.05) is 11.6 Å². The molecule has 0 spiro atoms. The highest BCUT2D eigenvalue weighted by atomic mass is 35.5. The second-order valence-electron chi connectivity index (χ2n) is 7.58. The fourth-order valence-electron chi connectivity index (χ4n) is 3.71. The minimum Gasteiger partial charge on any atom is -0.497 e. The number of carbonyl (C=O) groups is 3. The second kappa shape index (κ2) is 10.4. The van der Waals surface area contributed by atoms with Gasteiger partial charge in [-0.2, -0.15) is 0 Å². The minimum absolute atomic E-state index is 0.138. The van der Waals surface area contributed by atoms with Gasteiger partial charge >= 0.3 is 11.9 Å². The van der Waals surface area contributed by atoms with Gasteiger partial charge in [0.1, 0.15) is 5.75 Å². The minimum atomic E-state index is -0.656. The van der Waals surface area contributed by atoms with Gasteiger partial charge in [0.25, 0.3) is 5.91 Å². The standard InChI is InChI=1S/C26H21ClN2O6/c1-16-21(13-24(30)34-15-35-26(32)18-4-3-11-28-14-18)22-12-20(33-2)9-10-23(22)29(16)25(31)17-5-7-19(27)8-6-17/h3-12,14H,13,15H2,1-2H3. The molecule has 35 heavy (non-hydrogen) atoms. The number of nitrogens with zero attached hydrogens (tertiary/aromatic N) is 2. The van der Waals surface area contributed by atoms with E-state index in [1.165, 1.54) is 19.5 Å². The average molecular weight is 493 g/mol. The Bertz CT molecular complexity index is 1400. The van der Waals surface area contributed by atoms with Crippen LogP contribution in [-0.4, -0.2) is 41.3 Å². The third-order valence-corrected chi connectivity index (χ3v) is 5.72. The maximum absolute atomic E-state index is 13.3. The predicted molar refractivity (Wildman–Crippen MR) is 129 cm³/mol. The van der Waals surface area contributed by atoms with Crippen molar-refractivity contribution in [2.45, 2.75) is 13.3 Å². The van der Waals surface area contributed by atoms with Crippen molar-refractivity contribution in [2.24, 2.45) is 0 Å². The fraction of sp³-hybridized carbons (Fsp3) is 0.154. The molecular weight excluding hydrogens is 472 g/mol. The van der Waals surface area contributed by atoms with Crippen molar-refractivity contribution in [2.75, 3.05) is 13.9 Å². The number of ether oxygens (including phenoxy) is 3. The van der Waals surface area contributed by atoms with E-state index in [1.807, 2.05) is 0 Å². The Labute approximate surface area is 206 Å². The predicted octanol–water partition coefficient (Wildman–Crippen LogP) is 4.60. The van der Waals surface area contributed by atoms with Crippen LogP contribution >= 0.6 is 11.6 Å². The van der Waals surface area contributed by atoms with Crippen molar-refractivity contribution in [3.8, 4) is 5.75 Å². The monoisotopic (exact) mass is 492 g/mol. The van der Waals surface area contributed by atoms with Gasteiger partial charge in [-0.15, -0.1) is 0 Å². The Morgan fingerprint density at radius 1 is 1.00 bits per heavy atom. The number of fused-ring (bicyclic) bond motifs is 1. The van der Waals surface area contributed by atoms with Gasteiger partial charge < -0.3 is 14.2 Å². The van der Waals surface area contributed by atoms with Gasteiger partial charge in [0.05, 0.1) is 24.6 Å². The molecule has 2 heterocycles. The maximum atomic E-state index is 13.3. The van der Waals surface area contributed by atoms with Gasteiger partial charge in [0.2, 0.25) is 6.79 Å². The van der Waals surface area contributed by atoms with E-state index in [0.717, 1.165) is 0 Å². The van der Waals surface area contributed by atoms with Crippen LogP contribution in [0.4, 0.5) is 0 Å². The van der Waals surface area contributed by atoms with Crippen LogP contribution in [0, 0.1) is 6.92 Å². The SMILES string of the molecule is COc1ccc2c(c1)c(CC(=O)OCOC(=O)c1cccnc1)c(C)n2C(=O)c1ccc(Cl)cc1. The Balaban J connectivity index is 1.57. The first kappa shape index (κ1) is 24.0. The second-order valence-corrected chi connectivity index (χ2v) is 8.02. The third-order valence-electron chi connectivity index (χ3n) is 5.46. The van der Waals surface area contributed by atoms with Crippen LogP contribution < -0.4 is 4.74 Å². The summed E-state index contributed by atoms with van der Waals surface area (Å²) in [6, 6.07) is 15.0. The Kier molecular flexibility index (Phi) is 7.12. The highest BCUT2D eigenvalue weighted by Gasteiger charge is 2.22. The number of methoxy groups -OCH3 is 1. The number of pyridine rings is 1. The highest BCUT2D eigenvalue weighted by Crippen LogP contribution is 2.31. The molecule has 0 bridgehead atoms. The van der Waals surface area contributed by atoms with Crippen LogP contribution in [0.3, 0.4) is 0 Å². The summed E-state index contributed by atoms with van der Waals surface area (Å²) in [7, 11) is 1.54. The molecule has 8 nitrogen and oxygen atoms in total. The van der Waals surface area contributed by atoms with Crippen molar-refractivity contribution in [1.29, 1.82) is 0 Å². The molecule has 0 amide bonds. The Hall–Kier alpha value is -4.17. The van der Waals surface area contributed by atoms with E-state index < -0.39 is 18.7 Å². The van der Waals surface area contributed by atoms with Crippen molar-refractivity contribution in [1.82, 2.24) is 9.55 Å². The van der Waals surface area contributed by atoms with Crippen LogP contribution in [0.15, 0.2) is 67.0 Å². The number of benzene rings is 2. The molecule has 2 aromatic carbocycles. The lowest BCUT2D eigenvalue weighted by Crippen LogP contribution is -2.16. The van der Waals surface area contributed by atoms with Gasteiger partial charge in [0.15, 0.2) is 0 Å². The maximum Gasteiger partial charge on any atom is 0.342 e. The van der Waals surface area contributed by atoms with E-state index in [2.05, 4.69) is 4.98 Å². The quantitative estimate of drug-likeness (QED) is 0.275. The number of hydrogen-bond acceptors (Lipinski definition) is 7. The number of rotatable bonds is 7. The van der Waals surface area contributed by atoms with Crippen LogP contribution in [-0.2, 0) is 20.7 Å².